The number of allylic oxidation sites excluding steroid dienone is 1. The zero-order chi connectivity index (χ0) is 13.2. The van der Waals surface area contributed by atoms with Crippen molar-refractivity contribution in [3.63, 3.8) is 0 Å². The fourth-order valence-corrected chi connectivity index (χ4v) is 4.10. The SMILES string of the molecule is O=C(C(=C1SCCS1)C(F)(F)F)c1ccccc1. The first-order chi connectivity index (χ1) is 8.50. The molecule has 1 aromatic rings. The van der Waals surface area contributed by atoms with E-state index in [2.05, 4.69) is 0 Å². The Balaban J connectivity index is 2.43. The van der Waals surface area contributed by atoms with E-state index in [1.807, 2.05) is 0 Å². The van der Waals surface area contributed by atoms with E-state index in [0.29, 0.717) is 11.5 Å². The zero-order valence-corrected chi connectivity index (χ0v) is 10.8. The van der Waals surface area contributed by atoms with Gasteiger partial charge < -0.3 is 0 Å². The minimum absolute atomic E-state index is 0.0745. The molecule has 0 radical (unpaired) electrons. The summed E-state index contributed by atoms with van der Waals surface area (Å²) in [6, 6.07) is 7.58. The topological polar surface area (TPSA) is 17.1 Å². The first kappa shape index (κ1) is 13.5. The van der Waals surface area contributed by atoms with Crippen LogP contribution in [0.4, 0.5) is 13.2 Å². The average Bonchev–Trinajstić information content (AvgIpc) is 2.82. The van der Waals surface area contributed by atoms with E-state index in [1.165, 1.54) is 12.1 Å². The van der Waals surface area contributed by atoms with Crippen molar-refractivity contribution in [2.24, 2.45) is 0 Å². The van der Waals surface area contributed by atoms with Crippen LogP contribution in [0.15, 0.2) is 40.1 Å². The highest BCUT2D eigenvalue weighted by Gasteiger charge is 2.42. The number of ketones is 1. The third-order valence-electron chi connectivity index (χ3n) is 2.30. The smallest absolute Gasteiger partial charge is 0.289 e. The van der Waals surface area contributed by atoms with Crippen LogP contribution in [0.1, 0.15) is 10.4 Å². The van der Waals surface area contributed by atoms with E-state index in [4.69, 9.17) is 0 Å². The maximum Gasteiger partial charge on any atom is 0.421 e. The summed E-state index contributed by atoms with van der Waals surface area (Å²) in [7, 11) is 0. The van der Waals surface area contributed by atoms with Gasteiger partial charge in [0, 0.05) is 17.1 Å². The highest BCUT2D eigenvalue weighted by molar-refractivity contribution is 8.25. The molecule has 0 atom stereocenters. The second-order valence-corrected chi connectivity index (χ2v) is 6.02. The molecule has 18 heavy (non-hydrogen) atoms. The lowest BCUT2D eigenvalue weighted by Crippen LogP contribution is -2.21. The molecule has 1 fully saturated rings. The lowest BCUT2D eigenvalue weighted by Gasteiger charge is -2.13. The normalized spacial score (nSPS) is 15.8. The Hall–Kier alpha value is -0.880. The molecule has 0 aromatic heterocycles. The molecule has 1 nitrogen and oxygen atoms in total. The number of thioether (sulfide) groups is 2. The maximum atomic E-state index is 13.0. The highest BCUT2D eigenvalue weighted by Crippen LogP contribution is 2.44. The Labute approximate surface area is 111 Å². The van der Waals surface area contributed by atoms with Crippen LogP contribution < -0.4 is 0 Å². The minimum Gasteiger partial charge on any atom is -0.289 e. The third kappa shape index (κ3) is 2.92. The van der Waals surface area contributed by atoms with Crippen molar-refractivity contribution in [2.75, 3.05) is 11.5 Å². The van der Waals surface area contributed by atoms with Gasteiger partial charge in [0.25, 0.3) is 0 Å². The zero-order valence-electron chi connectivity index (χ0n) is 9.16. The number of Topliss-reactive ketones (excluding diaryl/α,β-unsaturated/α-hetero) is 1. The Morgan fingerprint density at radius 2 is 1.61 bits per heavy atom. The van der Waals surface area contributed by atoms with Crippen LogP contribution in [0, 0.1) is 0 Å². The predicted octanol–water partition coefficient (Wildman–Crippen LogP) is 4.12. The molecule has 6 heteroatoms. The van der Waals surface area contributed by atoms with Gasteiger partial charge in [-0.15, -0.1) is 23.5 Å². The lowest BCUT2D eigenvalue weighted by molar-refractivity contribution is -0.0887. The standard InChI is InChI=1S/C12H9F3OS2/c13-12(14,15)9(11-17-6-7-18-11)10(16)8-4-2-1-3-5-8/h1-5H,6-7H2. The van der Waals surface area contributed by atoms with Gasteiger partial charge in [-0.25, -0.2) is 0 Å². The summed E-state index contributed by atoms with van der Waals surface area (Å²) in [5.74, 6) is 0.281. The minimum atomic E-state index is -4.60. The van der Waals surface area contributed by atoms with Crippen LogP contribution in [-0.4, -0.2) is 23.5 Å². The Kier molecular flexibility index (Phi) is 4.07. The third-order valence-corrected chi connectivity index (χ3v) is 5.01. The van der Waals surface area contributed by atoms with Crippen LogP contribution >= 0.6 is 23.5 Å². The average molecular weight is 290 g/mol. The van der Waals surface area contributed by atoms with Gasteiger partial charge in [0.05, 0.1) is 4.24 Å². The number of carbonyl (C=O) groups is 1. The maximum absolute atomic E-state index is 13.0. The fourth-order valence-electron chi connectivity index (χ4n) is 1.53. The summed E-state index contributed by atoms with van der Waals surface area (Å²) in [5, 5.41) is 0. The Morgan fingerprint density at radius 1 is 1.06 bits per heavy atom. The molecule has 0 saturated carbocycles. The summed E-state index contributed by atoms with van der Waals surface area (Å²) in [6.07, 6.45) is -4.60. The van der Waals surface area contributed by atoms with Crippen LogP contribution in [0.3, 0.4) is 0 Å². The molecule has 1 heterocycles. The predicted molar refractivity (Wildman–Crippen MR) is 68.8 cm³/mol. The molecule has 1 aliphatic heterocycles. The van der Waals surface area contributed by atoms with Crippen LogP contribution in [0.5, 0.6) is 0 Å². The molecule has 1 saturated heterocycles. The molecule has 1 aromatic carbocycles. The number of carbonyl (C=O) groups excluding carboxylic acids is 1. The fraction of sp³-hybridized carbons (Fsp3) is 0.250. The van der Waals surface area contributed by atoms with Crippen molar-refractivity contribution >= 4 is 29.3 Å². The molecular weight excluding hydrogens is 281 g/mol. The van der Waals surface area contributed by atoms with Gasteiger partial charge in [0.1, 0.15) is 5.57 Å². The molecule has 2 rings (SSSR count). The summed E-state index contributed by atoms with van der Waals surface area (Å²) in [4.78, 5) is 12.0. The van der Waals surface area contributed by atoms with E-state index in [9.17, 15) is 18.0 Å². The molecule has 0 aliphatic carbocycles. The van der Waals surface area contributed by atoms with Crippen LogP contribution in [-0.2, 0) is 0 Å². The van der Waals surface area contributed by atoms with Gasteiger partial charge >= 0.3 is 6.18 Å². The quantitative estimate of drug-likeness (QED) is 0.602. The number of hydrogen-bond donors (Lipinski definition) is 0. The first-order valence-electron chi connectivity index (χ1n) is 5.17. The Morgan fingerprint density at radius 3 is 2.11 bits per heavy atom. The number of alkyl halides is 3. The van der Waals surface area contributed by atoms with Crippen molar-refractivity contribution in [2.45, 2.75) is 6.18 Å². The number of benzene rings is 1. The van der Waals surface area contributed by atoms with E-state index >= 15 is 0 Å². The van der Waals surface area contributed by atoms with E-state index in [1.54, 1.807) is 18.2 Å². The molecule has 1 aliphatic rings. The molecule has 0 unspecified atom stereocenters. The van der Waals surface area contributed by atoms with Crippen LogP contribution in [0.25, 0.3) is 0 Å². The van der Waals surface area contributed by atoms with E-state index < -0.39 is 17.5 Å². The molecule has 96 valence electrons. The first-order valence-corrected chi connectivity index (χ1v) is 7.14. The molecular formula is C12H9F3OS2. The summed E-state index contributed by atoms with van der Waals surface area (Å²) in [6.45, 7) is 0. The number of halogens is 3. The highest BCUT2D eigenvalue weighted by atomic mass is 32.2. The van der Waals surface area contributed by atoms with Gasteiger partial charge in [-0.05, 0) is 0 Å². The molecule has 0 amide bonds. The van der Waals surface area contributed by atoms with Crippen molar-refractivity contribution < 1.29 is 18.0 Å². The largest absolute Gasteiger partial charge is 0.421 e. The molecule has 0 bridgehead atoms. The number of hydrogen-bond acceptors (Lipinski definition) is 3. The van der Waals surface area contributed by atoms with Crippen LogP contribution in [0.2, 0.25) is 0 Å². The molecule has 0 spiro atoms. The lowest BCUT2D eigenvalue weighted by atomic mass is 10.0. The van der Waals surface area contributed by atoms with Gasteiger partial charge in [-0.2, -0.15) is 13.2 Å². The summed E-state index contributed by atoms with van der Waals surface area (Å²) in [5.41, 5.74) is -0.952. The van der Waals surface area contributed by atoms with Gasteiger partial charge in [0.2, 0.25) is 0 Å². The second kappa shape index (κ2) is 5.40. The van der Waals surface area contributed by atoms with Gasteiger partial charge in [-0.1, -0.05) is 30.3 Å². The Bertz CT molecular complexity index is 472. The van der Waals surface area contributed by atoms with Crippen molar-refractivity contribution in [3.05, 3.63) is 45.7 Å². The van der Waals surface area contributed by atoms with E-state index in [-0.39, 0.29) is 9.80 Å². The van der Waals surface area contributed by atoms with Crippen molar-refractivity contribution in [1.82, 2.24) is 0 Å². The van der Waals surface area contributed by atoms with Gasteiger partial charge in [-0.3, -0.25) is 4.79 Å². The second-order valence-electron chi connectivity index (χ2n) is 3.55. The summed E-state index contributed by atoms with van der Waals surface area (Å²) < 4.78 is 39.1. The van der Waals surface area contributed by atoms with Crippen molar-refractivity contribution in [3.8, 4) is 0 Å². The van der Waals surface area contributed by atoms with E-state index in [0.717, 1.165) is 23.5 Å². The number of rotatable bonds is 2. The molecule has 0 N–H and O–H groups in total. The van der Waals surface area contributed by atoms with Crippen molar-refractivity contribution in [1.29, 1.82) is 0 Å². The monoisotopic (exact) mass is 290 g/mol. The summed E-state index contributed by atoms with van der Waals surface area (Å²) >= 11 is 2.20. The van der Waals surface area contributed by atoms with Gasteiger partial charge in [0.15, 0.2) is 5.78 Å².